The number of hydrogen-bond acceptors (Lipinski definition) is 3. The summed E-state index contributed by atoms with van der Waals surface area (Å²) in [5.41, 5.74) is 0.753. The Hall–Kier alpha value is -2.04. The Balaban J connectivity index is 1.55. The van der Waals surface area contributed by atoms with Gasteiger partial charge in [0, 0.05) is 18.5 Å². The van der Waals surface area contributed by atoms with Crippen molar-refractivity contribution in [3.05, 3.63) is 35.9 Å². The molecule has 5 nitrogen and oxygen atoms in total. The molecule has 1 N–H and O–H groups in total. The predicted molar refractivity (Wildman–Crippen MR) is 75.6 cm³/mol. The first-order chi connectivity index (χ1) is 10.1. The van der Waals surface area contributed by atoms with E-state index in [4.69, 9.17) is 9.84 Å². The molecular formula is C16H19NO4. The van der Waals surface area contributed by atoms with Gasteiger partial charge in [-0.25, -0.2) is 4.79 Å². The number of carboxylic acids is 1. The van der Waals surface area contributed by atoms with Crippen molar-refractivity contribution < 1.29 is 19.4 Å². The third kappa shape index (κ3) is 2.86. The molecule has 1 saturated heterocycles. The standard InChI is InChI=1S/C16H19NO4/c18-14(19)13-9-16(13)7-4-8-17(11-16)15(20)21-10-12-5-2-1-3-6-12/h1-3,5-6,13H,4,7-11H2,(H,18,19)/t13-,16+/m1/s1. The maximum Gasteiger partial charge on any atom is 0.410 e. The van der Waals surface area contributed by atoms with E-state index >= 15 is 0 Å². The van der Waals surface area contributed by atoms with Crippen molar-refractivity contribution in [1.29, 1.82) is 0 Å². The second-order valence-corrected chi connectivity index (χ2v) is 6.02. The Labute approximate surface area is 123 Å². The van der Waals surface area contributed by atoms with Crippen LogP contribution in [-0.2, 0) is 16.1 Å². The van der Waals surface area contributed by atoms with E-state index in [1.54, 1.807) is 4.90 Å². The maximum absolute atomic E-state index is 12.1. The Bertz CT molecular complexity index is 544. The van der Waals surface area contributed by atoms with Crippen LogP contribution >= 0.6 is 0 Å². The molecule has 0 aromatic heterocycles. The molecule has 1 aliphatic carbocycles. The maximum atomic E-state index is 12.1. The fourth-order valence-corrected chi connectivity index (χ4v) is 3.27. The van der Waals surface area contributed by atoms with Crippen LogP contribution in [0.1, 0.15) is 24.8 Å². The van der Waals surface area contributed by atoms with Crippen molar-refractivity contribution in [2.45, 2.75) is 25.9 Å². The van der Waals surface area contributed by atoms with E-state index in [1.165, 1.54) is 0 Å². The van der Waals surface area contributed by atoms with Crippen molar-refractivity contribution in [1.82, 2.24) is 4.90 Å². The molecule has 1 aliphatic heterocycles. The van der Waals surface area contributed by atoms with Gasteiger partial charge in [0.1, 0.15) is 6.61 Å². The molecule has 1 spiro atoms. The number of carbonyl (C=O) groups excluding carboxylic acids is 1. The minimum atomic E-state index is -0.741. The zero-order valence-corrected chi connectivity index (χ0v) is 11.8. The lowest BCUT2D eigenvalue weighted by Crippen LogP contribution is -2.42. The highest BCUT2D eigenvalue weighted by Gasteiger charge is 2.60. The van der Waals surface area contributed by atoms with Gasteiger partial charge in [-0.1, -0.05) is 30.3 Å². The number of piperidine rings is 1. The van der Waals surface area contributed by atoms with Crippen molar-refractivity contribution in [2.75, 3.05) is 13.1 Å². The zero-order chi connectivity index (χ0) is 14.9. The van der Waals surface area contributed by atoms with Crippen LogP contribution < -0.4 is 0 Å². The first-order valence-corrected chi connectivity index (χ1v) is 7.29. The molecular weight excluding hydrogens is 270 g/mol. The summed E-state index contributed by atoms with van der Waals surface area (Å²) in [7, 11) is 0. The minimum absolute atomic E-state index is 0.199. The average molecular weight is 289 g/mol. The lowest BCUT2D eigenvalue weighted by molar-refractivity contribution is -0.139. The number of benzene rings is 1. The summed E-state index contributed by atoms with van der Waals surface area (Å²) in [5.74, 6) is -1.03. The molecule has 2 aliphatic rings. The molecule has 1 aromatic carbocycles. The Morgan fingerprint density at radius 1 is 1.33 bits per heavy atom. The number of carboxylic acid groups (broad SMARTS) is 1. The molecule has 0 bridgehead atoms. The molecule has 112 valence electrons. The van der Waals surface area contributed by atoms with Gasteiger partial charge in [-0.15, -0.1) is 0 Å². The van der Waals surface area contributed by atoms with E-state index in [0.717, 1.165) is 18.4 Å². The summed E-state index contributed by atoms with van der Waals surface area (Å²) in [5, 5.41) is 9.11. The molecule has 5 heteroatoms. The first kappa shape index (κ1) is 13.9. The third-order valence-electron chi connectivity index (χ3n) is 4.56. The molecule has 1 aromatic rings. The van der Waals surface area contributed by atoms with Crippen LogP contribution in [0.5, 0.6) is 0 Å². The highest BCUT2D eigenvalue weighted by molar-refractivity contribution is 5.75. The summed E-state index contributed by atoms with van der Waals surface area (Å²) in [6, 6.07) is 9.54. The van der Waals surface area contributed by atoms with E-state index in [1.807, 2.05) is 30.3 Å². The second-order valence-electron chi connectivity index (χ2n) is 6.02. The summed E-state index contributed by atoms with van der Waals surface area (Å²) in [6.45, 7) is 1.42. The smallest absolute Gasteiger partial charge is 0.410 e. The van der Waals surface area contributed by atoms with Crippen LogP contribution in [0.15, 0.2) is 30.3 Å². The van der Waals surface area contributed by atoms with Gasteiger partial charge in [-0.3, -0.25) is 4.79 Å². The van der Waals surface area contributed by atoms with Crippen LogP contribution in [0.3, 0.4) is 0 Å². The SMILES string of the molecule is O=C(O)[C@H]1C[C@]12CCCN(C(=O)OCc1ccccc1)C2. The van der Waals surface area contributed by atoms with E-state index in [0.29, 0.717) is 19.5 Å². The normalized spacial score (nSPS) is 27.4. The monoisotopic (exact) mass is 289 g/mol. The van der Waals surface area contributed by atoms with Gasteiger partial charge in [0.15, 0.2) is 0 Å². The van der Waals surface area contributed by atoms with Crippen molar-refractivity contribution in [3.8, 4) is 0 Å². The molecule has 1 saturated carbocycles. The second kappa shape index (κ2) is 5.39. The lowest BCUT2D eigenvalue weighted by Gasteiger charge is -2.32. The average Bonchev–Trinajstić information content (AvgIpc) is 3.19. The number of rotatable bonds is 3. The molecule has 2 fully saturated rings. The number of likely N-dealkylation sites (tertiary alicyclic amines) is 1. The predicted octanol–water partition coefficient (Wildman–Crippen LogP) is 2.51. The van der Waals surface area contributed by atoms with Crippen LogP contribution in [0.4, 0.5) is 4.79 Å². The van der Waals surface area contributed by atoms with Gasteiger partial charge >= 0.3 is 12.1 Å². The molecule has 3 rings (SSSR count). The fraction of sp³-hybridized carbons (Fsp3) is 0.500. The van der Waals surface area contributed by atoms with Crippen LogP contribution in [0, 0.1) is 11.3 Å². The third-order valence-corrected chi connectivity index (χ3v) is 4.56. The van der Waals surface area contributed by atoms with Crippen molar-refractivity contribution in [2.24, 2.45) is 11.3 Å². The van der Waals surface area contributed by atoms with Gasteiger partial charge in [-0.05, 0) is 24.8 Å². The van der Waals surface area contributed by atoms with Crippen molar-refractivity contribution >= 4 is 12.1 Å². The Morgan fingerprint density at radius 2 is 2.10 bits per heavy atom. The fourth-order valence-electron chi connectivity index (χ4n) is 3.27. The van der Waals surface area contributed by atoms with Gasteiger partial charge in [0.05, 0.1) is 5.92 Å². The zero-order valence-electron chi connectivity index (χ0n) is 11.8. The lowest BCUT2D eigenvalue weighted by atomic mass is 9.92. The number of nitrogens with zero attached hydrogens (tertiary/aromatic N) is 1. The Kier molecular flexibility index (Phi) is 3.57. The van der Waals surface area contributed by atoms with Gasteiger partial charge in [0.2, 0.25) is 0 Å². The number of aliphatic carboxylic acids is 1. The van der Waals surface area contributed by atoms with E-state index in [-0.39, 0.29) is 24.0 Å². The molecule has 0 radical (unpaired) electrons. The van der Waals surface area contributed by atoms with Crippen LogP contribution in [0.2, 0.25) is 0 Å². The van der Waals surface area contributed by atoms with E-state index < -0.39 is 5.97 Å². The summed E-state index contributed by atoms with van der Waals surface area (Å²) >= 11 is 0. The highest BCUT2D eigenvalue weighted by Crippen LogP contribution is 2.57. The topological polar surface area (TPSA) is 66.8 Å². The quantitative estimate of drug-likeness (QED) is 0.928. The number of carbonyl (C=O) groups is 2. The summed E-state index contributed by atoms with van der Waals surface area (Å²) in [6.07, 6.45) is 2.09. The minimum Gasteiger partial charge on any atom is -0.481 e. The largest absolute Gasteiger partial charge is 0.481 e. The van der Waals surface area contributed by atoms with Crippen molar-refractivity contribution in [3.63, 3.8) is 0 Å². The molecule has 21 heavy (non-hydrogen) atoms. The van der Waals surface area contributed by atoms with E-state index in [9.17, 15) is 9.59 Å². The number of amides is 1. The summed E-state index contributed by atoms with van der Waals surface area (Å²) in [4.78, 5) is 24.9. The van der Waals surface area contributed by atoms with Crippen LogP contribution in [-0.4, -0.2) is 35.2 Å². The van der Waals surface area contributed by atoms with Gasteiger partial charge in [0.25, 0.3) is 0 Å². The number of hydrogen-bond donors (Lipinski definition) is 1. The highest BCUT2D eigenvalue weighted by atomic mass is 16.6. The van der Waals surface area contributed by atoms with Gasteiger partial charge < -0.3 is 14.7 Å². The summed E-state index contributed by atoms with van der Waals surface area (Å²) < 4.78 is 5.32. The molecule has 1 heterocycles. The molecule has 0 unspecified atom stereocenters. The number of ether oxygens (including phenoxy) is 1. The molecule has 1 amide bonds. The first-order valence-electron chi connectivity index (χ1n) is 7.29. The Morgan fingerprint density at radius 3 is 2.76 bits per heavy atom. The van der Waals surface area contributed by atoms with Gasteiger partial charge in [-0.2, -0.15) is 0 Å². The van der Waals surface area contributed by atoms with E-state index in [2.05, 4.69) is 0 Å². The van der Waals surface area contributed by atoms with Crippen LogP contribution in [0.25, 0.3) is 0 Å². The molecule has 2 atom stereocenters.